The number of nitrogens with one attached hydrogen (secondary N) is 1. The van der Waals surface area contributed by atoms with Crippen molar-refractivity contribution in [3.05, 3.63) is 71.1 Å². The van der Waals surface area contributed by atoms with Crippen molar-refractivity contribution >= 4 is 28.5 Å². The smallest absolute Gasteiger partial charge is 0.255 e. The van der Waals surface area contributed by atoms with Crippen LogP contribution in [0.25, 0.3) is 10.8 Å². The van der Waals surface area contributed by atoms with Crippen molar-refractivity contribution in [3.63, 3.8) is 0 Å². The zero-order valence-corrected chi connectivity index (χ0v) is 19.9. The molecule has 10 heteroatoms. The van der Waals surface area contributed by atoms with Crippen molar-refractivity contribution in [1.82, 2.24) is 20.1 Å². The van der Waals surface area contributed by atoms with Crippen molar-refractivity contribution in [2.45, 2.75) is 44.5 Å². The van der Waals surface area contributed by atoms with Crippen LogP contribution >= 0.6 is 0 Å². The molecule has 6 rings (SSSR count). The molecule has 4 heterocycles. The number of amides is 3. The van der Waals surface area contributed by atoms with Gasteiger partial charge in [0.2, 0.25) is 11.8 Å². The van der Waals surface area contributed by atoms with Gasteiger partial charge in [0.1, 0.15) is 18.0 Å². The third-order valence-electron chi connectivity index (χ3n) is 7.22. The summed E-state index contributed by atoms with van der Waals surface area (Å²) in [6.07, 6.45) is 2.58. The number of rotatable bonds is 5. The van der Waals surface area contributed by atoms with Crippen LogP contribution in [-0.2, 0) is 22.7 Å². The van der Waals surface area contributed by atoms with Crippen LogP contribution in [0, 0.1) is 11.6 Å². The van der Waals surface area contributed by atoms with Gasteiger partial charge in [0.05, 0.1) is 5.69 Å². The quantitative estimate of drug-likeness (QED) is 0.535. The van der Waals surface area contributed by atoms with Gasteiger partial charge in [-0.15, -0.1) is 0 Å². The molecule has 1 aromatic heterocycles. The predicted octanol–water partition coefficient (Wildman–Crippen LogP) is 2.93. The van der Waals surface area contributed by atoms with E-state index in [1.54, 1.807) is 12.3 Å². The Kier molecular flexibility index (Phi) is 5.83. The minimum atomic E-state index is -0.756. The van der Waals surface area contributed by atoms with E-state index in [-0.39, 0.29) is 48.5 Å². The molecule has 3 amide bonds. The lowest BCUT2D eigenvalue weighted by atomic mass is 10.0. The number of ether oxygens (including phenoxy) is 1. The summed E-state index contributed by atoms with van der Waals surface area (Å²) in [7, 11) is 0. The van der Waals surface area contributed by atoms with Gasteiger partial charge in [0.15, 0.2) is 11.6 Å². The average molecular weight is 507 g/mol. The molecule has 1 unspecified atom stereocenters. The zero-order valence-electron chi connectivity index (χ0n) is 19.9. The summed E-state index contributed by atoms with van der Waals surface area (Å²) >= 11 is 0. The van der Waals surface area contributed by atoms with Crippen molar-refractivity contribution in [2.24, 2.45) is 0 Å². The van der Waals surface area contributed by atoms with Crippen LogP contribution in [0.3, 0.4) is 0 Å². The highest BCUT2D eigenvalue weighted by Gasteiger charge is 2.40. The van der Waals surface area contributed by atoms with E-state index in [1.807, 2.05) is 6.07 Å². The summed E-state index contributed by atoms with van der Waals surface area (Å²) in [5.74, 6) is -2.14. The van der Waals surface area contributed by atoms with Gasteiger partial charge < -0.3 is 9.64 Å². The Hall–Kier alpha value is -3.92. The molecule has 190 valence electrons. The Balaban J connectivity index is 1.11. The number of halogens is 2. The summed E-state index contributed by atoms with van der Waals surface area (Å²) in [4.78, 5) is 44.6. The Labute approximate surface area is 211 Å². The molecule has 2 aromatic carbocycles. The van der Waals surface area contributed by atoms with Gasteiger partial charge in [-0.1, -0.05) is 0 Å². The zero-order chi connectivity index (χ0) is 25.7. The lowest BCUT2D eigenvalue weighted by Gasteiger charge is -2.29. The van der Waals surface area contributed by atoms with E-state index in [1.165, 1.54) is 29.2 Å². The highest BCUT2D eigenvalue weighted by molar-refractivity contribution is 6.05. The SMILES string of the molecule is O=C1CCC(N2Cc3cc(O[C@H]4CCN(Cc5cc6cc(F)ccc6cn5)C4)c(F)cc3C2=O)C(=O)N1. The molecule has 3 aliphatic heterocycles. The lowest BCUT2D eigenvalue weighted by Crippen LogP contribution is -2.52. The topological polar surface area (TPSA) is 91.8 Å². The molecule has 8 nitrogen and oxygen atoms in total. The molecule has 1 N–H and O–H groups in total. The fourth-order valence-electron chi connectivity index (χ4n) is 5.35. The van der Waals surface area contributed by atoms with Gasteiger partial charge >= 0.3 is 0 Å². The van der Waals surface area contributed by atoms with Crippen LogP contribution in [0.15, 0.2) is 42.6 Å². The third kappa shape index (κ3) is 4.53. The third-order valence-corrected chi connectivity index (χ3v) is 7.22. The molecule has 37 heavy (non-hydrogen) atoms. The number of fused-ring (bicyclic) bond motifs is 2. The first-order chi connectivity index (χ1) is 17.8. The molecule has 3 aliphatic rings. The fraction of sp³-hybridized carbons (Fsp3) is 0.333. The normalized spacial score (nSPS) is 22.0. The summed E-state index contributed by atoms with van der Waals surface area (Å²) in [6, 6.07) is 8.42. The molecule has 2 fully saturated rings. The minimum absolute atomic E-state index is 0.0721. The fourth-order valence-corrected chi connectivity index (χ4v) is 5.35. The maximum absolute atomic E-state index is 14.9. The Morgan fingerprint density at radius 3 is 2.76 bits per heavy atom. The molecule has 0 saturated carbocycles. The molecule has 2 saturated heterocycles. The predicted molar refractivity (Wildman–Crippen MR) is 128 cm³/mol. The van der Waals surface area contributed by atoms with Gasteiger partial charge in [-0.3, -0.25) is 29.6 Å². The lowest BCUT2D eigenvalue weighted by molar-refractivity contribution is -0.136. The van der Waals surface area contributed by atoms with Crippen LogP contribution in [0.2, 0.25) is 0 Å². The van der Waals surface area contributed by atoms with Crippen molar-refractivity contribution in [3.8, 4) is 5.75 Å². The number of imide groups is 1. The first-order valence-electron chi connectivity index (χ1n) is 12.2. The molecular weight excluding hydrogens is 482 g/mol. The number of hydrogen-bond acceptors (Lipinski definition) is 6. The molecule has 0 spiro atoms. The summed E-state index contributed by atoms with van der Waals surface area (Å²) in [5, 5.41) is 3.92. The van der Waals surface area contributed by atoms with Crippen LogP contribution in [-0.4, -0.2) is 57.7 Å². The van der Waals surface area contributed by atoms with E-state index in [0.717, 1.165) is 23.0 Å². The Morgan fingerprint density at radius 1 is 1.05 bits per heavy atom. The van der Waals surface area contributed by atoms with E-state index in [9.17, 15) is 23.2 Å². The van der Waals surface area contributed by atoms with E-state index in [0.29, 0.717) is 25.1 Å². The second kappa shape index (κ2) is 9.19. The maximum atomic E-state index is 14.9. The number of carbonyl (C=O) groups excluding carboxylic acids is 3. The average Bonchev–Trinajstić information content (AvgIpc) is 3.43. The highest BCUT2D eigenvalue weighted by Crippen LogP contribution is 2.33. The first kappa shape index (κ1) is 23.5. The van der Waals surface area contributed by atoms with Gasteiger partial charge in [0, 0.05) is 49.7 Å². The second-order valence-corrected chi connectivity index (χ2v) is 9.77. The van der Waals surface area contributed by atoms with Crippen molar-refractivity contribution in [1.29, 1.82) is 0 Å². The number of piperidine rings is 1. The summed E-state index contributed by atoms with van der Waals surface area (Å²) in [6.45, 7) is 2.03. The molecule has 3 aromatic rings. The number of likely N-dealkylation sites (tertiary alicyclic amines) is 1. The maximum Gasteiger partial charge on any atom is 0.255 e. The summed E-state index contributed by atoms with van der Waals surface area (Å²) < 4.78 is 34.5. The molecule has 2 atom stereocenters. The number of nitrogens with zero attached hydrogens (tertiary/aromatic N) is 3. The summed E-state index contributed by atoms with van der Waals surface area (Å²) in [5.41, 5.74) is 1.62. The van der Waals surface area contributed by atoms with Crippen molar-refractivity contribution in [2.75, 3.05) is 13.1 Å². The van der Waals surface area contributed by atoms with Crippen LogP contribution in [0.5, 0.6) is 5.75 Å². The highest BCUT2D eigenvalue weighted by atomic mass is 19.1. The monoisotopic (exact) mass is 506 g/mol. The number of benzene rings is 2. The molecule has 0 aliphatic carbocycles. The van der Waals surface area contributed by atoms with Gasteiger partial charge in [-0.05, 0) is 60.2 Å². The Morgan fingerprint density at radius 2 is 1.92 bits per heavy atom. The van der Waals surface area contributed by atoms with Crippen LogP contribution < -0.4 is 10.1 Å². The number of pyridine rings is 1. The molecule has 0 radical (unpaired) electrons. The van der Waals surface area contributed by atoms with Gasteiger partial charge in [-0.25, -0.2) is 8.78 Å². The standard InChI is InChI=1S/C27H24F2N4O4/c28-18-2-1-15-11-30-19(8-16(15)7-18)13-32-6-5-20(14-32)37-24-9-17-12-33(27(36)21(17)10-22(24)29)23-3-4-25(34)31-26(23)35/h1-2,7-11,20,23H,3-6,12-14H2,(H,31,34,35)/t20-,23?/m0/s1. The number of aromatic nitrogens is 1. The van der Waals surface area contributed by atoms with Crippen LogP contribution in [0.4, 0.5) is 8.78 Å². The molecule has 0 bridgehead atoms. The van der Waals surface area contributed by atoms with Gasteiger partial charge in [0.25, 0.3) is 5.91 Å². The van der Waals surface area contributed by atoms with E-state index < -0.39 is 23.7 Å². The van der Waals surface area contributed by atoms with Gasteiger partial charge in [-0.2, -0.15) is 0 Å². The van der Waals surface area contributed by atoms with Crippen LogP contribution in [0.1, 0.15) is 40.9 Å². The van der Waals surface area contributed by atoms with E-state index in [4.69, 9.17) is 4.74 Å². The van der Waals surface area contributed by atoms with E-state index >= 15 is 0 Å². The number of hydrogen-bond donors (Lipinski definition) is 1. The Bertz CT molecular complexity index is 1450. The number of carbonyl (C=O) groups is 3. The second-order valence-electron chi connectivity index (χ2n) is 9.77. The largest absolute Gasteiger partial charge is 0.486 e. The minimum Gasteiger partial charge on any atom is -0.486 e. The first-order valence-corrected chi connectivity index (χ1v) is 12.2. The van der Waals surface area contributed by atoms with Crippen molar-refractivity contribution < 1.29 is 27.9 Å². The van der Waals surface area contributed by atoms with E-state index in [2.05, 4.69) is 15.2 Å². The molecular formula is C27H24F2N4O4.